The van der Waals surface area contributed by atoms with Gasteiger partial charge in [-0.05, 0) is 18.6 Å². The molecule has 1 amide bonds. The molecule has 0 spiro atoms. The van der Waals surface area contributed by atoms with Gasteiger partial charge in [-0.1, -0.05) is 30.8 Å². The predicted octanol–water partition coefficient (Wildman–Crippen LogP) is 1.29. The Balaban J connectivity index is 1.96. The maximum Gasteiger partial charge on any atom is 0.343 e. The summed E-state index contributed by atoms with van der Waals surface area (Å²) in [4.78, 5) is 23.4. The predicted molar refractivity (Wildman–Crippen MR) is 83.3 cm³/mol. The zero-order valence-corrected chi connectivity index (χ0v) is 12.4. The van der Waals surface area contributed by atoms with Crippen LogP contribution in [0.2, 0.25) is 0 Å². The van der Waals surface area contributed by atoms with Gasteiger partial charge >= 0.3 is 5.69 Å². The van der Waals surface area contributed by atoms with Crippen LogP contribution in [0.4, 0.5) is 11.4 Å². The number of nitrogens with zero attached hydrogens (tertiary/aromatic N) is 2. The fourth-order valence-electron chi connectivity index (χ4n) is 1.76. The lowest BCUT2D eigenvalue weighted by molar-refractivity contribution is -0.113. The number of aromatic nitrogens is 3. The van der Waals surface area contributed by atoms with Crippen molar-refractivity contribution < 1.29 is 4.79 Å². The van der Waals surface area contributed by atoms with Crippen molar-refractivity contribution in [1.82, 2.24) is 14.8 Å². The monoisotopic (exact) mass is 307 g/mol. The van der Waals surface area contributed by atoms with Gasteiger partial charge in [0.05, 0.1) is 17.1 Å². The fourth-order valence-corrected chi connectivity index (χ4v) is 2.53. The van der Waals surface area contributed by atoms with E-state index in [4.69, 9.17) is 5.73 Å². The van der Waals surface area contributed by atoms with Crippen LogP contribution in [-0.2, 0) is 11.3 Å². The van der Waals surface area contributed by atoms with Gasteiger partial charge in [0.15, 0.2) is 5.16 Å². The molecule has 0 bridgehead atoms. The first-order valence-electron chi connectivity index (χ1n) is 6.54. The Labute approximate surface area is 125 Å². The number of nitrogen functional groups attached to an aromatic ring is 1. The summed E-state index contributed by atoms with van der Waals surface area (Å²) in [6.45, 7) is 2.55. The van der Waals surface area contributed by atoms with E-state index in [1.54, 1.807) is 24.3 Å². The fraction of sp³-hybridized carbons (Fsp3) is 0.308. The molecule has 1 aromatic carbocycles. The first-order valence-corrected chi connectivity index (χ1v) is 7.52. The van der Waals surface area contributed by atoms with Crippen LogP contribution < -0.4 is 16.7 Å². The molecule has 0 radical (unpaired) electrons. The molecule has 0 aliphatic carbocycles. The van der Waals surface area contributed by atoms with Gasteiger partial charge in [0.2, 0.25) is 5.91 Å². The van der Waals surface area contributed by atoms with Crippen LogP contribution >= 0.6 is 11.8 Å². The van der Waals surface area contributed by atoms with Crippen LogP contribution in [0.1, 0.15) is 13.3 Å². The van der Waals surface area contributed by atoms with Crippen molar-refractivity contribution >= 4 is 29.0 Å². The highest BCUT2D eigenvalue weighted by molar-refractivity contribution is 7.99. The number of aromatic amines is 1. The highest BCUT2D eigenvalue weighted by Crippen LogP contribution is 2.18. The molecule has 0 saturated heterocycles. The second-order valence-electron chi connectivity index (χ2n) is 4.39. The molecule has 0 aliphatic rings. The molecule has 8 heteroatoms. The van der Waals surface area contributed by atoms with Crippen molar-refractivity contribution in [2.24, 2.45) is 0 Å². The first-order chi connectivity index (χ1) is 10.1. The van der Waals surface area contributed by atoms with Gasteiger partial charge in [-0.25, -0.2) is 9.89 Å². The summed E-state index contributed by atoms with van der Waals surface area (Å²) in [5, 5.41) is 9.54. The van der Waals surface area contributed by atoms with Crippen LogP contribution in [0.5, 0.6) is 0 Å². The molecular formula is C13H17N5O2S. The number of nitrogens with one attached hydrogen (secondary N) is 2. The van der Waals surface area contributed by atoms with Crippen LogP contribution in [-0.4, -0.2) is 26.4 Å². The number of H-pyrrole nitrogens is 1. The van der Waals surface area contributed by atoms with Crippen molar-refractivity contribution in [2.45, 2.75) is 25.0 Å². The molecule has 1 aromatic heterocycles. The quantitative estimate of drug-likeness (QED) is 0.551. The minimum Gasteiger partial charge on any atom is -0.397 e. The molecule has 4 N–H and O–H groups in total. The molecular weight excluding hydrogens is 290 g/mol. The second kappa shape index (κ2) is 6.98. The molecule has 0 atom stereocenters. The van der Waals surface area contributed by atoms with Crippen molar-refractivity contribution in [2.75, 3.05) is 16.8 Å². The lowest BCUT2D eigenvalue weighted by Crippen LogP contribution is -2.19. The molecule has 7 nitrogen and oxygen atoms in total. The second-order valence-corrected chi connectivity index (χ2v) is 5.33. The van der Waals surface area contributed by atoms with Crippen molar-refractivity contribution in [3.8, 4) is 0 Å². The highest BCUT2D eigenvalue weighted by Gasteiger charge is 2.11. The molecule has 0 unspecified atom stereocenters. The Morgan fingerprint density at radius 1 is 1.48 bits per heavy atom. The minimum atomic E-state index is -0.257. The van der Waals surface area contributed by atoms with E-state index in [1.807, 2.05) is 6.92 Å². The number of carbonyl (C=O) groups excluding carboxylic acids is 1. The van der Waals surface area contributed by atoms with Crippen molar-refractivity contribution in [3.05, 3.63) is 34.7 Å². The summed E-state index contributed by atoms with van der Waals surface area (Å²) in [6, 6.07) is 7.05. The number of anilines is 2. The standard InChI is InChI=1S/C13H17N5O2S/c1-2-7-18-12(20)16-17-13(18)21-8-11(19)15-10-6-4-3-5-9(10)14/h3-6H,2,7-8,14H2,1H3,(H,15,19)(H,16,20). The summed E-state index contributed by atoms with van der Waals surface area (Å²) in [6.07, 6.45) is 0.819. The third-order valence-corrected chi connectivity index (χ3v) is 3.71. The number of thioether (sulfide) groups is 1. The number of para-hydroxylation sites is 2. The number of carbonyl (C=O) groups is 1. The molecule has 0 saturated carbocycles. The third-order valence-electron chi connectivity index (χ3n) is 2.74. The van der Waals surface area contributed by atoms with Gasteiger partial charge < -0.3 is 11.1 Å². The number of hydrogen-bond acceptors (Lipinski definition) is 5. The maximum atomic E-state index is 11.9. The van der Waals surface area contributed by atoms with Crippen LogP contribution in [0.25, 0.3) is 0 Å². The third kappa shape index (κ3) is 3.88. The first kappa shape index (κ1) is 15.2. The lowest BCUT2D eigenvalue weighted by atomic mass is 10.3. The van der Waals surface area contributed by atoms with Crippen LogP contribution in [0.3, 0.4) is 0 Å². The van der Waals surface area contributed by atoms with E-state index in [9.17, 15) is 9.59 Å². The molecule has 2 rings (SSSR count). The molecule has 2 aromatic rings. The average molecular weight is 307 g/mol. The zero-order chi connectivity index (χ0) is 15.2. The molecule has 112 valence electrons. The largest absolute Gasteiger partial charge is 0.397 e. The Morgan fingerprint density at radius 3 is 2.95 bits per heavy atom. The average Bonchev–Trinajstić information content (AvgIpc) is 2.81. The van der Waals surface area contributed by atoms with Gasteiger partial charge in [-0.3, -0.25) is 9.36 Å². The van der Waals surface area contributed by atoms with E-state index in [1.165, 1.54) is 16.3 Å². The van der Waals surface area contributed by atoms with Gasteiger partial charge in [-0.2, -0.15) is 0 Å². The Bertz CT molecular complexity index is 679. The summed E-state index contributed by atoms with van der Waals surface area (Å²) in [5.74, 6) is -0.0427. The Morgan fingerprint density at radius 2 is 2.24 bits per heavy atom. The number of amides is 1. The molecule has 21 heavy (non-hydrogen) atoms. The summed E-state index contributed by atoms with van der Waals surface area (Å²) >= 11 is 1.21. The number of hydrogen-bond donors (Lipinski definition) is 3. The van der Waals surface area contributed by atoms with E-state index >= 15 is 0 Å². The smallest absolute Gasteiger partial charge is 0.343 e. The molecule has 0 fully saturated rings. The molecule has 1 heterocycles. The van der Waals surface area contributed by atoms with Crippen molar-refractivity contribution in [3.63, 3.8) is 0 Å². The lowest BCUT2D eigenvalue weighted by Gasteiger charge is -2.07. The van der Waals surface area contributed by atoms with E-state index < -0.39 is 0 Å². The zero-order valence-electron chi connectivity index (χ0n) is 11.6. The Kier molecular flexibility index (Phi) is 5.04. The summed E-state index contributed by atoms with van der Waals surface area (Å²) in [5.41, 5.74) is 6.59. The highest BCUT2D eigenvalue weighted by atomic mass is 32.2. The van der Waals surface area contributed by atoms with Crippen LogP contribution in [0.15, 0.2) is 34.2 Å². The number of benzene rings is 1. The minimum absolute atomic E-state index is 0.155. The van der Waals surface area contributed by atoms with Gasteiger partial charge in [0.1, 0.15) is 0 Å². The van der Waals surface area contributed by atoms with Gasteiger partial charge in [0.25, 0.3) is 0 Å². The number of nitrogens with two attached hydrogens (primary N) is 1. The van der Waals surface area contributed by atoms with E-state index in [0.29, 0.717) is 23.1 Å². The molecule has 0 aliphatic heterocycles. The van der Waals surface area contributed by atoms with E-state index in [2.05, 4.69) is 15.5 Å². The SMILES string of the molecule is CCCn1c(SCC(=O)Nc2ccccc2N)n[nH]c1=O. The summed E-state index contributed by atoms with van der Waals surface area (Å²) in [7, 11) is 0. The normalized spacial score (nSPS) is 10.5. The van der Waals surface area contributed by atoms with Gasteiger partial charge in [-0.15, -0.1) is 5.10 Å². The maximum absolute atomic E-state index is 11.9. The van der Waals surface area contributed by atoms with E-state index in [-0.39, 0.29) is 17.3 Å². The van der Waals surface area contributed by atoms with Crippen molar-refractivity contribution in [1.29, 1.82) is 0 Å². The number of rotatable bonds is 6. The summed E-state index contributed by atoms with van der Waals surface area (Å²) < 4.78 is 1.52. The topological polar surface area (TPSA) is 106 Å². The van der Waals surface area contributed by atoms with E-state index in [0.717, 1.165) is 6.42 Å². The van der Waals surface area contributed by atoms with Gasteiger partial charge in [0, 0.05) is 6.54 Å². The Hall–Kier alpha value is -2.22. The van der Waals surface area contributed by atoms with Crippen LogP contribution in [0, 0.1) is 0 Å².